The first-order chi connectivity index (χ1) is 14.6. The number of H-pyrrole nitrogens is 1. The van der Waals surface area contributed by atoms with Crippen molar-refractivity contribution in [2.24, 2.45) is 5.10 Å². The third-order valence-electron chi connectivity index (χ3n) is 3.73. The van der Waals surface area contributed by atoms with Crippen molar-refractivity contribution in [1.29, 1.82) is 0 Å². The summed E-state index contributed by atoms with van der Waals surface area (Å²) >= 11 is 1.15. The zero-order valence-corrected chi connectivity index (χ0v) is 17.0. The highest BCUT2D eigenvalue weighted by molar-refractivity contribution is 7.99. The zero-order chi connectivity index (χ0) is 21.3. The summed E-state index contributed by atoms with van der Waals surface area (Å²) in [6, 6.07) is 11.0. The van der Waals surface area contributed by atoms with Crippen molar-refractivity contribution >= 4 is 35.5 Å². The van der Waals surface area contributed by atoms with Gasteiger partial charge in [0.15, 0.2) is 0 Å². The molecule has 3 rings (SSSR count). The van der Waals surface area contributed by atoms with Crippen LogP contribution in [0.4, 0.5) is 16.0 Å². The summed E-state index contributed by atoms with van der Waals surface area (Å²) in [6.07, 6.45) is 1.52. The van der Waals surface area contributed by atoms with Crippen LogP contribution in [-0.2, 0) is 4.79 Å². The van der Waals surface area contributed by atoms with Gasteiger partial charge in [-0.25, -0.2) is 14.9 Å². The highest BCUT2D eigenvalue weighted by Gasteiger charge is 2.11. The molecule has 11 heteroatoms. The van der Waals surface area contributed by atoms with E-state index in [1.54, 1.807) is 37.4 Å². The van der Waals surface area contributed by atoms with Gasteiger partial charge in [0.25, 0.3) is 0 Å². The molecule has 0 saturated heterocycles. The third-order valence-corrected chi connectivity index (χ3v) is 4.58. The number of amides is 1. The van der Waals surface area contributed by atoms with Crippen molar-refractivity contribution in [3.8, 4) is 11.5 Å². The second kappa shape index (κ2) is 10.3. The summed E-state index contributed by atoms with van der Waals surface area (Å²) in [6.45, 7) is 0. The average Bonchev–Trinajstić information content (AvgIpc) is 3.21. The number of rotatable bonds is 9. The predicted molar refractivity (Wildman–Crippen MR) is 113 cm³/mol. The average molecular weight is 430 g/mol. The third kappa shape index (κ3) is 5.95. The first-order valence-electron chi connectivity index (χ1n) is 8.69. The number of carbonyl (C=O) groups excluding carboxylic acids is 1. The van der Waals surface area contributed by atoms with E-state index in [2.05, 4.69) is 31.0 Å². The lowest BCUT2D eigenvalue weighted by Crippen LogP contribution is -2.15. The maximum absolute atomic E-state index is 12.9. The van der Waals surface area contributed by atoms with Gasteiger partial charge in [-0.1, -0.05) is 23.9 Å². The summed E-state index contributed by atoms with van der Waals surface area (Å²) in [5.74, 6) is 0.968. The SMILES string of the molecule is COc1ccc(OC)c(NC(=O)CSc2n[nH]c(N/N=C\c3ccc(F)cc3)n2)c1. The predicted octanol–water partition coefficient (Wildman–Crippen LogP) is 3.14. The Balaban J connectivity index is 1.50. The van der Waals surface area contributed by atoms with Crippen molar-refractivity contribution in [2.45, 2.75) is 5.16 Å². The van der Waals surface area contributed by atoms with Crippen LogP contribution in [0.1, 0.15) is 5.56 Å². The number of benzene rings is 2. The standard InChI is InChI=1S/C19H19FN6O3S/c1-28-14-7-8-16(29-2)15(9-14)22-17(27)11-30-19-23-18(25-26-19)24-21-10-12-3-5-13(20)6-4-12/h3-10H,11H2,1-2H3,(H,22,27)(H2,23,24,25,26)/b21-10-. The Labute approximate surface area is 176 Å². The number of ether oxygens (including phenoxy) is 2. The molecule has 0 spiro atoms. The van der Waals surface area contributed by atoms with Crippen LogP contribution in [-0.4, -0.2) is 47.3 Å². The molecule has 0 fully saturated rings. The molecule has 3 N–H and O–H groups in total. The fourth-order valence-corrected chi connectivity index (χ4v) is 2.90. The van der Waals surface area contributed by atoms with E-state index in [0.717, 1.165) is 17.3 Å². The van der Waals surface area contributed by atoms with Crippen LogP contribution in [0.2, 0.25) is 0 Å². The van der Waals surface area contributed by atoms with Gasteiger partial charge in [-0.05, 0) is 29.8 Å². The summed E-state index contributed by atoms with van der Waals surface area (Å²) < 4.78 is 23.3. The van der Waals surface area contributed by atoms with Crippen LogP contribution < -0.4 is 20.2 Å². The summed E-state index contributed by atoms with van der Waals surface area (Å²) in [4.78, 5) is 16.4. The molecule has 0 aliphatic carbocycles. The lowest BCUT2D eigenvalue weighted by molar-refractivity contribution is -0.113. The number of halogens is 1. The van der Waals surface area contributed by atoms with Crippen LogP contribution in [0.3, 0.4) is 0 Å². The first kappa shape index (κ1) is 21.1. The number of nitrogens with zero attached hydrogens (tertiary/aromatic N) is 3. The number of carbonyl (C=O) groups is 1. The van der Waals surface area contributed by atoms with Crippen molar-refractivity contribution in [1.82, 2.24) is 15.2 Å². The van der Waals surface area contributed by atoms with Crippen molar-refractivity contribution in [3.63, 3.8) is 0 Å². The normalized spacial score (nSPS) is 10.8. The molecule has 0 atom stereocenters. The molecule has 1 amide bonds. The molecule has 2 aromatic carbocycles. The van der Waals surface area contributed by atoms with Crippen molar-refractivity contribution in [3.05, 3.63) is 53.8 Å². The molecule has 30 heavy (non-hydrogen) atoms. The molecule has 0 saturated carbocycles. The highest BCUT2D eigenvalue weighted by Crippen LogP contribution is 2.29. The Kier molecular flexibility index (Phi) is 7.22. The minimum atomic E-state index is -0.314. The molecular weight excluding hydrogens is 411 g/mol. The highest BCUT2D eigenvalue weighted by atomic mass is 32.2. The second-order valence-electron chi connectivity index (χ2n) is 5.79. The molecule has 0 aliphatic rings. The number of anilines is 2. The smallest absolute Gasteiger partial charge is 0.240 e. The van der Waals surface area contributed by atoms with Crippen LogP contribution in [0.25, 0.3) is 0 Å². The largest absolute Gasteiger partial charge is 0.497 e. The van der Waals surface area contributed by atoms with Gasteiger partial charge in [0.2, 0.25) is 17.0 Å². The fourth-order valence-electron chi connectivity index (χ4n) is 2.31. The Hall–Kier alpha value is -3.60. The zero-order valence-electron chi connectivity index (χ0n) is 16.2. The van der Waals surface area contributed by atoms with Crippen LogP contribution in [0.5, 0.6) is 11.5 Å². The van der Waals surface area contributed by atoms with Crippen molar-refractivity contribution < 1.29 is 18.7 Å². The van der Waals surface area contributed by atoms with Crippen LogP contribution in [0, 0.1) is 5.82 Å². The fraction of sp³-hybridized carbons (Fsp3) is 0.158. The number of hydrogen-bond donors (Lipinski definition) is 3. The number of thioether (sulfide) groups is 1. The molecule has 0 aliphatic heterocycles. The quantitative estimate of drug-likeness (QED) is 0.271. The Morgan fingerprint density at radius 2 is 2.03 bits per heavy atom. The van der Waals surface area contributed by atoms with E-state index in [4.69, 9.17) is 9.47 Å². The number of hydrazone groups is 1. The van der Waals surface area contributed by atoms with E-state index in [1.165, 1.54) is 25.5 Å². The number of nitrogens with one attached hydrogen (secondary N) is 3. The second-order valence-corrected chi connectivity index (χ2v) is 6.73. The topological polar surface area (TPSA) is 114 Å². The number of aromatic amines is 1. The molecule has 0 unspecified atom stereocenters. The summed E-state index contributed by atoms with van der Waals surface area (Å²) in [7, 11) is 3.06. The maximum Gasteiger partial charge on any atom is 0.240 e. The summed E-state index contributed by atoms with van der Waals surface area (Å²) in [5, 5.41) is 13.8. The monoisotopic (exact) mass is 430 g/mol. The molecule has 3 aromatic rings. The first-order valence-corrected chi connectivity index (χ1v) is 9.67. The Morgan fingerprint density at radius 3 is 2.77 bits per heavy atom. The van der Waals surface area contributed by atoms with Gasteiger partial charge in [-0.2, -0.15) is 10.1 Å². The maximum atomic E-state index is 12.9. The minimum absolute atomic E-state index is 0.0938. The van der Waals surface area contributed by atoms with Gasteiger partial charge < -0.3 is 14.8 Å². The minimum Gasteiger partial charge on any atom is -0.497 e. The molecule has 1 heterocycles. The lowest BCUT2D eigenvalue weighted by atomic mass is 10.2. The molecule has 0 bridgehead atoms. The van der Waals surface area contributed by atoms with Gasteiger partial charge in [-0.3, -0.25) is 4.79 Å². The van der Waals surface area contributed by atoms with E-state index in [-0.39, 0.29) is 17.5 Å². The van der Waals surface area contributed by atoms with E-state index >= 15 is 0 Å². The van der Waals surface area contributed by atoms with E-state index in [9.17, 15) is 9.18 Å². The summed E-state index contributed by atoms with van der Waals surface area (Å²) in [5.41, 5.74) is 3.92. The van der Waals surface area contributed by atoms with Crippen molar-refractivity contribution in [2.75, 3.05) is 30.7 Å². The van der Waals surface area contributed by atoms with Gasteiger partial charge >= 0.3 is 0 Å². The number of methoxy groups -OCH3 is 2. The van der Waals surface area contributed by atoms with E-state index in [1.807, 2.05) is 0 Å². The van der Waals surface area contributed by atoms with Gasteiger partial charge in [0.05, 0.1) is 31.9 Å². The molecule has 156 valence electrons. The molecular formula is C19H19FN6O3S. The van der Waals surface area contributed by atoms with E-state index < -0.39 is 0 Å². The van der Waals surface area contributed by atoms with Gasteiger partial charge in [0, 0.05) is 6.07 Å². The van der Waals surface area contributed by atoms with E-state index in [0.29, 0.717) is 28.3 Å². The molecule has 9 nitrogen and oxygen atoms in total. The lowest BCUT2D eigenvalue weighted by Gasteiger charge is -2.11. The van der Waals surface area contributed by atoms with Gasteiger partial charge in [-0.15, -0.1) is 5.10 Å². The van der Waals surface area contributed by atoms with Gasteiger partial charge in [0.1, 0.15) is 17.3 Å². The van der Waals surface area contributed by atoms with Crippen LogP contribution in [0.15, 0.2) is 52.7 Å². The number of aromatic nitrogens is 3. The van der Waals surface area contributed by atoms with Crippen LogP contribution >= 0.6 is 11.8 Å². The number of hydrogen-bond acceptors (Lipinski definition) is 8. The Morgan fingerprint density at radius 1 is 1.23 bits per heavy atom. The molecule has 1 aromatic heterocycles. The molecule has 0 radical (unpaired) electrons. The Bertz CT molecular complexity index is 1030.